The van der Waals surface area contributed by atoms with E-state index in [1.165, 1.54) is 11.3 Å². The number of thiazole rings is 1. The summed E-state index contributed by atoms with van der Waals surface area (Å²) in [7, 11) is 0. The Bertz CT molecular complexity index is 649. The van der Waals surface area contributed by atoms with Crippen molar-refractivity contribution in [3.05, 3.63) is 29.0 Å². The van der Waals surface area contributed by atoms with Gasteiger partial charge in [-0.05, 0) is 31.9 Å². The second-order valence-corrected chi connectivity index (χ2v) is 6.61. The van der Waals surface area contributed by atoms with Crippen LogP contribution in [0.4, 0.5) is 0 Å². The van der Waals surface area contributed by atoms with Crippen molar-refractivity contribution < 1.29 is 14.3 Å². The van der Waals surface area contributed by atoms with Crippen LogP contribution in [0.2, 0.25) is 0 Å². The lowest BCUT2D eigenvalue weighted by molar-refractivity contribution is -0.122. The highest BCUT2D eigenvalue weighted by Gasteiger charge is 2.24. The normalized spacial score (nSPS) is 21.7. The van der Waals surface area contributed by atoms with Gasteiger partial charge < -0.3 is 14.8 Å². The van der Waals surface area contributed by atoms with Crippen LogP contribution in [0.5, 0.6) is 0 Å². The number of furan rings is 1. The van der Waals surface area contributed by atoms with E-state index in [0.717, 1.165) is 47.9 Å². The van der Waals surface area contributed by atoms with E-state index in [1.807, 2.05) is 24.4 Å². The molecule has 1 saturated carbocycles. The lowest BCUT2D eigenvalue weighted by Crippen LogP contribution is -2.45. The average molecular weight is 320 g/mol. The number of carbonyl (C=O) groups is 1. The fourth-order valence-electron chi connectivity index (χ4n) is 2.75. The molecule has 2 aromatic rings. The first-order valence-electron chi connectivity index (χ1n) is 7.60. The molecular formula is C16H20N2O3S. The summed E-state index contributed by atoms with van der Waals surface area (Å²) < 4.78 is 5.54. The SMILES string of the molecule is Cc1ccc(-c2nc(CC(=O)NC3CCCCC3O)cs2)o1. The van der Waals surface area contributed by atoms with E-state index < -0.39 is 6.10 Å². The summed E-state index contributed by atoms with van der Waals surface area (Å²) in [6.45, 7) is 1.89. The van der Waals surface area contributed by atoms with Crippen LogP contribution in [0.25, 0.3) is 10.8 Å². The van der Waals surface area contributed by atoms with E-state index in [-0.39, 0.29) is 18.4 Å². The highest BCUT2D eigenvalue weighted by molar-refractivity contribution is 7.13. The molecule has 1 amide bonds. The van der Waals surface area contributed by atoms with Crippen molar-refractivity contribution in [3.63, 3.8) is 0 Å². The second-order valence-electron chi connectivity index (χ2n) is 5.76. The molecular weight excluding hydrogens is 300 g/mol. The predicted molar refractivity (Wildman–Crippen MR) is 84.7 cm³/mol. The van der Waals surface area contributed by atoms with Crippen LogP contribution in [0.3, 0.4) is 0 Å². The molecule has 3 rings (SSSR count). The Balaban J connectivity index is 1.59. The number of nitrogens with one attached hydrogen (secondary N) is 1. The van der Waals surface area contributed by atoms with Gasteiger partial charge in [-0.2, -0.15) is 0 Å². The summed E-state index contributed by atoms with van der Waals surface area (Å²) in [5, 5.41) is 15.5. The van der Waals surface area contributed by atoms with Crippen LogP contribution in [-0.2, 0) is 11.2 Å². The quantitative estimate of drug-likeness (QED) is 0.908. The molecule has 0 saturated heterocycles. The van der Waals surface area contributed by atoms with Crippen molar-refractivity contribution >= 4 is 17.2 Å². The maximum absolute atomic E-state index is 12.1. The molecule has 2 atom stereocenters. The van der Waals surface area contributed by atoms with Gasteiger partial charge in [-0.1, -0.05) is 12.8 Å². The summed E-state index contributed by atoms with van der Waals surface area (Å²) in [6.07, 6.45) is 3.52. The first kappa shape index (κ1) is 15.2. The Morgan fingerprint density at radius 2 is 2.27 bits per heavy atom. The van der Waals surface area contributed by atoms with Crippen molar-refractivity contribution in [2.75, 3.05) is 0 Å². The number of hydrogen-bond acceptors (Lipinski definition) is 5. The topological polar surface area (TPSA) is 75.4 Å². The second kappa shape index (κ2) is 6.62. The number of amides is 1. The van der Waals surface area contributed by atoms with Crippen LogP contribution >= 0.6 is 11.3 Å². The fourth-order valence-corrected chi connectivity index (χ4v) is 3.53. The Kier molecular flexibility index (Phi) is 4.59. The minimum Gasteiger partial charge on any atom is -0.459 e. The summed E-state index contributed by atoms with van der Waals surface area (Å²) in [5.41, 5.74) is 0.733. The first-order valence-corrected chi connectivity index (χ1v) is 8.48. The van der Waals surface area contributed by atoms with Crippen LogP contribution in [-0.4, -0.2) is 28.1 Å². The third kappa shape index (κ3) is 3.56. The van der Waals surface area contributed by atoms with Crippen LogP contribution in [0.15, 0.2) is 21.9 Å². The molecule has 5 nitrogen and oxygen atoms in total. The van der Waals surface area contributed by atoms with E-state index in [0.29, 0.717) is 0 Å². The van der Waals surface area contributed by atoms with Gasteiger partial charge >= 0.3 is 0 Å². The Morgan fingerprint density at radius 1 is 1.45 bits per heavy atom. The van der Waals surface area contributed by atoms with Gasteiger partial charge in [0.25, 0.3) is 0 Å². The van der Waals surface area contributed by atoms with Gasteiger partial charge in [-0.3, -0.25) is 4.79 Å². The van der Waals surface area contributed by atoms with Gasteiger partial charge in [0.05, 0.1) is 24.3 Å². The molecule has 2 unspecified atom stereocenters. The lowest BCUT2D eigenvalue weighted by atomic mass is 9.92. The molecule has 1 fully saturated rings. The Labute approximate surface area is 133 Å². The largest absolute Gasteiger partial charge is 0.459 e. The molecule has 1 aliphatic rings. The predicted octanol–water partition coefficient (Wildman–Crippen LogP) is 2.67. The minimum atomic E-state index is -0.421. The molecule has 2 heterocycles. The maximum atomic E-state index is 12.1. The van der Waals surface area contributed by atoms with Crippen molar-refractivity contribution in [2.45, 2.75) is 51.2 Å². The molecule has 0 aromatic carbocycles. The summed E-state index contributed by atoms with van der Waals surface area (Å²) in [5.74, 6) is 1.49. The van der Waals surface area contributed by atoms with Crippen LogP contribution < -0.4 is 5.32 Å². The number of rotatable bonds is 4. The van der Waals surface area contributed by atoms with Gasteiger partial charge in [-0.15, -0.1) is 11.3 Å². The molecule has 0 bridgehead atoms. The molecule has 1 aliphatic carbocycles. The van der Waals surface area contributed by atoms with Crippen molar-refractivity contribution in [1.29, 1.82) is 0 Å². The third-order valence-electron chi connectivity index (χ3n) is 3.92. The average Bonchev–Trinajstić information content (AvgIpc) is 3.10. The highest BCUT2D eigenvalue weighted by Crippen LogP contribution is 2.25. The van der Waals surface area contributed by atoms with Gasteiger partial charge in [0.1, 0.15) is 5.76 Å². The maximum Gasteiger partial charge on any atom is 0.226 e. The standard InChI is InChI=1S/C16H20N2O3S/c1-10-6-7-14(21-10)16-17-11(9-22-16)8-15(20)18-12-4-2-3-5-13(12)19/h6-7,9,12-13,19H,2-5,8H2,1H3,(H,18,20). The zero-order valence-electron chi connectivity index (χ0n) is 12.5. The molecule has 2 aromatic heterocycles. The summed E-state index contributed by atoms with van der Waals surface area (Å²) in [4.78, 5) is 16.5. The van der Waals surface area contributed by atoms with Crippen molar-refractivity contribution in [1.82, 2.24) is 10.3 Å². The van der Waals surface area contributed by atoms with Crippen LogP contribution in [0, 0.1) is 6.92 Å². The Morgan fingerprint density at radius 3 is 3.00 bits per heavy atom. The monoisotopic (exact) mass is 320 g/mol. The van der Waals surface area contributed by atoms with Crippen molar-refractivity contribution in [2.24, 2.45) is 0 Å². The van der Waals surface area contributed by atoms with E-state index in [2.05, 4.69) is 10.3 Å². The van der Waals surface area contributed by atoms with Crippen molar-refractivity contribution in [3.8, 4) is 10.8 Å². The number of aromatic nitrogens is 1. The summed E-state index contributed by atoms with van der Waals surface area (Å²) in [6, 6.07) is 3.66. The molecule has 118 valence electrons. The van der Waals surface area contributed by atoms with E-state index in [4.69, 9.17) is 4.42 Å². The van der Waals surface area contributed by atoms with E-state index in [1.54, 1.807) is 0 Å². The number of hydrogen-bond donors (Lipinski definition) is 2. The van der Waals surface area contributed by atoms with E-state index >= 15 is 0 Å². The summed E-state index contributed by atoms with van der Waals surface area (Å²) >= 11 is 1.47. The van der Waals surface area contributed by atoms with E-state index in [9.17, 15) is 9.90 Å². The molecule has 0 spiro atoms. The van der Waals surface area contributed by atoms with Gasteiger partial charge in [0, 0.05) is 5.38 Å². The Hall–Kier alpha value is -1.66. The van der Waals surface area contributed by atoms with Gasteiger partial charge in [0.15, 0.2) is 10.8 Å². The van der Waals surface area contributed by atoms with Crippen LogP contribution in [0.1, 0.15) is 37.1 Å². The zero-order chi connectivity index (χ0) is 15.5. The number of aliphatic hydroxyl groups excluding tert-OH is 1. The third-order valence-corrected chi connectivity index (χ3v) is 4.83. The smallest absolute Gasteiger partial charge is 0.226 e. The number of carbonyl (C=O) groups excluding carboxylic acids is 1. The zero-order valence-corrected chi connectivity index (χ0v) is 13.4. The number of aryl methyl sites for hydroxylation is 1. The molecule has 0 radical (unpaired) electrons. The molecule has 0 aliphatic heterocycles. The van der Waals surface area contributed by atoms with Gasteiger partial charge in [0.2, 0.25) is 5.91 Å². The van der Waals surface area contributed by atoms with Gasteiger partial charge in [-0.25, -0.2) is 4.98 Å². The number of nitrogens with zero attached hydrogens (tertiary/aromatic N) is 1. The highest BCUT2D eigenvalue weighted by atomic mass is 32.1. The molecule has 22 heavy (non-hydrogen) atoms. The fraction of sp³-hybridized carbons (Fsp3) is 0.500. The minimum absolute atomic E-state index is 0.0848. The number of aliphatic hydroxyl groups is 1. The molecule has 6 heteroatoms. The molecule has 2 N–H and O–H groups in total. The first-order chi connectivity index (χ1) is 10.6. The lowest BCUT2D eigenvalue weighted by Gasteiger charge is -2.28.